The molecule has 102 valence electrons. The first-order chi connectivity index (χ1) is 8.23. The zero-order valence-corrected chi connectivity index (χ0v) is 18.0. The fraction of sp³-hybridized carbons (Fsp3) is 0.556. The third kappa shape index (κ3) is 15.8. The third-order valence-electron chi connectivity index (χ3n) is 2.00. The predicted octanol–water partition coefficient (Wildman–Crippen LogP) is -12.9. The summed E-state index contributed by atoms with van der Waals surface area (Å²) in [6.45, 7) is -2.00. The smallest absolute Gasteiger partial charge is 0.550 e. The predicted molar refractivity (Wildman–Crippen MR) is 50.4 cm³/mol. The molecular formula is C9H9CaNNa2O8. The molecule has 0 aliphatic rings. The van der Waals surface area contributed by atoms with Crippen LogP contribution in [0.1, 0.15) is 12.8 Å². The monoisotopic (exact) mass is 345 g/mol. The molecule has 0 aromatic heterocycles. The van der Waals surface area contributed by atoms with Crippen LogP contribution in [-0.4, -0.2) is 85.6 Å². The van der Waals surface area contributed by atoms with Crippen LogP contribution in [0.2, 0.25) is 0 Å². The van der Waals surface area contributed by atoms with E-state index in [1.54, 1.807) is 0 Å². The molecule has 0 N–H and O–H groups in total. The summed E-state index contributed by atoms with van der Waals surface area (Å²) >= 11 is 0. The van der Waals surface area contributed by atoms with Crippen molar-refractivity contribution in [3.63, 3.8) is 0 Å². The Morgan fingerprint density at radius 1 is 0.810 bits per heavy atom. The van der Waals surface area contributed by atoms with E-state index in [9.17, 15) is 39.6 Å². The van der Waals surface area contributed by atoms with E-state index in [4.69, 9.17) is 0 Å². The average molecular weight is 345 g/mol. The van der Waals surface area contributed by atoms with Gasteiger partial charge in [0.1, 0.15) is 0 Å². The Bertz CT molecular complexity index is 352. The Morgan fingerprint density at radius 2 is 1.19 bits per heavy atom. The first-order valence-corrected chi connectivity index (χ1v) is 4.78. The van der Waals surface area contributed by atoms with Crippen LogP contribution < -0.4 is 79.5 Å². The summed E-state index contributed by atoms with van der Waals surface area (Å²) in [6.07, 6.45) is -1.24. The molecule has 0 amide bonds. The topological polar surface area (TPSA) is 164 Å². The number of nitrogens with zero attached hydrogens (tertiary/aromatic N) is 1. The minimum atomic E-state index is -1.79. The van der Waals surface area contributed by atoms with Gasteiger partial charge in [-0.25, -0.2) is 0 Å². The largest absolute Gasteiger partial charge is 2.00 e. The van der Waals surface area contributed by atoms with Crippen LogP contribution in [0.15, 0.2) is 0 Å². The number of carbonyl (C=O) groups excluding carboxylic acids is 4. The van der Waals surface area contributed by atoms with Gasteiger partial charge in [-0.15, -0.1) is 0 Å². The van der Waals surface area contributed by atoms with Crippen LogP contribution in [0, 0.1) is 0 Å². The number of hydrogen-bond donors (Lipinski definition) is 0. The van der Waals surface area contributed by atoms with Crippen molar-refractivity contribution in [1.82, 2.24) is 4.90 Å². The average Bonchev–Trinajstić information content (AvgIpc) is 2.14. The number of rotatable bonds is 9. The molecule has 12 heteroatoms. The van der Waals surface area contributed by atoms with Crippen molar-refractivity contribution in [2.75, 3.05) is 13.1 Å². The molecule has 0 fully saturated rings. The molecule has 0 aliphatic carbocycles. The summed E-state index contributed by atoms with van der Waals surface area (Å²) in [5, 5.41) is 41.6. The van der Waals surface area contributed by atoms with Crippen molar-refractivity contribution in [3.05, 3.63) is 0 Å². The first kappa shape index (κ1) is 30.0. The Kier molecular flexibility index (Phi) is 22.8. The summed E-state index contributed by atoms with van der Waals surface area (Å²) in [6, 6.07) is -1.70. The molecule has 0 radical (unpaired) electrons. The molecule has 0 bridgehead atoms. The molecule has 0 saturated carbocycles. The summed E-state index contributed by atoms with van der Waals surface area (Å²) < 4.78 is 0. The maximum absolute atomic E-state index is 10.7. The number of carboxylic acids is 4. The van der Waals surface area contributed by atoms with Gasteiger partial charge in [-0.2, -0.15) is 0 Å². The molecule has 0 aliphatic heterocycles. The van der Waals surface area contributed by atoms with Gasteiger partial charge in [0, 0.05) is 19.1 Å². The molecule has 0 unspecified atom stereocenters. The summed E-state index contributed by atoms with van der Waals surface area (Å²) in [5.74, 6) is -6.77. The molecule has 0 spiro atoms. The van der Waals surface area contributed by atoms with Crippen LogP contribution >= 0.6 is 0 Å². The van der Waals surface area contributed by atoms with Gasteiger partial charge >= 0.3 is 96.9 Å². The van der Waals surface area contributed by atoms with Crippen LogP contribution in [0.5, 0.6) is 0 Å². The van der Waals surface area contributed by atoms with Gasteiger partial charge in [0.25, 0.3) is 0 Å². The zero-order chi connectivity index (χ0) is 14.3. The van der Waals surface area contributed by atoms with E-state index in [1.807, 2.05) is 0 Å². The number of aliphatic carboxylic acids is 4. The van der Waals surface area contributed by atoms with E-state index in [0.29, 0.717) is 4.90 Å². The van der Waals surface area contributed by atoms with Gasteiger partial charge in [-0.1, -0.05) is 0 Å². The molecule has 0 saturated heterocycles. The van der Waals surface area contributed by atoms with Crippen LogP contribution in [0.4, 0.5) is 0 Å². The van der Waals surface area contributed by atoms with Gasteiger partial charge in [-0.05, 0) is 12.8 Å². The maximum Gasteiger partial charge on any atom is 2.00 e. The molecule has 0 rings (SSSR count). The fourth-order valence-corrected chi connectivity index (χ4v) is 1.31. The van der Waals surface area contributed by atoms with Crippen molar-refractivity contribution in [2.24, 2.45) is 0 Å². The number of carbonyl (C=O) groups is 4. The van der Waals surface area contributed by atoms with E-state index in [-0.39, 0.29) is 96.9 Å². The standard InChI is InChI=1S/C9H13NO8.Ca.2Na/c11-6(12)2-1-5(9(17)18)10(3-7(13)14)4-8(15)16;;;/h5H,1-4H2,(H,11,12)(H,13,14)(H,15,16)(H,17,18);;;/q;+2;2*+1/p-4/t5-;;;/m0.../s1. The molecule has 1 atom stereocenters. The van der Waals surface area contributed by atoms with Gasteiger partial charge in [0.2, 0.25) is 0 Å². The van der Waals surface area contributed by atoms with Crippen molar-refractivity contribution in [1.29, 1.82) is 0 Å². The summed E-state index contributed by atoms with van der Waals surface area (Å²) in [5.41, 5.74) is 0. The van der Waals surface area contributed by atoms with Gasteiger partial charge < -0.3 is 39.6 Å². The van der Waals surface area contributed by atoms with Crippen LogP contribution in [0.25, 0.3) is 0 Å². The molecule has 9 nitrogen and oxygen atoms in total. The Morgan fingerprint density at radius 3 is 1.43 bits per heavy atom. The molecule has 0 heterocycles. The summed E-state index contributed by atoms with van der Waals surface area (Å²) in [4.78, 5) is 42.1. The second-order valence-corrected chi connectivity index (χ2v) is 3.39. The van der Waals surface area contributed by atoms with E-state index in [0.717, 1.165) is 0 Å². The minimum Gasteiger partial charge on any atom is -0.550 e. The van der Waals surface area contributed by atoms with Gasteiger partial charge in [-0.3, -0.25) is 4.90 Å². The molecule has 0 aromatic rings. The second-order valence-electron chi connectivity index (χ2n) is 3.39. The van der Waals surface area contributed by atoms with E-state index < -0.39 is 55.9 Å². The van der Waals surface area contributed by atoms with E-state index in [1.165, 1.54) is 0 Å². The summed E-state index contributed by atoms with van der Waals surface area (Å²) in [7, 11) is 0. The number of hydrogen-bond acceptors (Lipinski definition) is 9. The van der Waals surface area contributed by atoms with Crippen LogP contribution in [-0.2, 0) is 19.2 Å². The first-order valence-electron chi connectivity index (χ1n) is 4.78. The quantitative estimate of drug-likeness (QED) is 0.369. The Labute approximate surface area is 194 Å². The van der Waals surface area contributed by atoms with Crippen molar-refractivity contribution in [3.8, 4) is 0 Å². The van der Waals surface area contributed by atoms with Gasteiger partial charge in [0.05, 0.1) is 23.9 Å². The Hall–Kier alpha value is 1.10. The van der Waals surface area contributed by atoms with Crippen molar-refractivity contribution in [2.45, 2.75) is 18.9 Å². The van der Waals surface area contributed by atoms with Crippen LogP contribution in [0.3, 0.4) is 0 Å². The normalized spacial score (nSPS) is 10.3. The van der Waals surface area contributed by atoms with Gasteiger partial charge in [0.15, 0.2) is 0 Å². The minimum absolute atomic E-state index is 0. The van der Waals surface area contributed by atoms with E-state index in [2.05, 4.69) is 0 Å². The zero-order valence-electron chi connectivity index (χ0n) is 11.8. The SMILES string of the molecule is O=C([O-])CC[C@@H](C(=O)[O-])N(CC(=O)[O-])CC(=O)[O-].[Ca+2].[Na+].[Na+]. The third-order valence-corrected chi connectivity index (χ3v) is 2.00. The Balaban J connectivity index is -0.000000482. The molecule has 0 aromatic carbocycles. The van der Waals surface area contributed by atoms with Crippen molar-refractivity contribution < 1.29 is 98.7 Å². The van der Waals surface area contributed by atoms with Crippen molar-refractivity contribution >= 4 is 61.6 Å². The van der Waals surface area contributed by atoms with E-state index >= 15 is 0 Å². The maximum atomic E-state index is 10.7. The second kappa shape index (κ2) is 16.0. The molecular weight excluding hydrogens is 336 g/mol. The molecule has 21 heavy (non-hydrogen) atoms. The number of carboxylic acid groups (broad SMARTS) is 4. The fourth-order valence-electron chi connectivity index (χ4n) is 1.31.